The average molecular weight is 500 g/mol. The number of para-hydroxylation sites is 1. The molecule has 1 N–H and O–H groups in total. The van der Waals surface area contributed by atoms with Crippen LogP contribution in [0.25, 0.3) is 10.9 Å². The van der Waals surface area contributed by atoms with E-state index in [2.05, 4.69) is 26.5 Å². The van der Waals surface area contributed by atoms with E-state index in [1.807, 2.05) is 32.0 Å². The molecule has 2 aromatic heterocycles. The second kappa shape index (κ2) is 10.6. The van der Waals surface area contributed by atoms with Crippen LogP contribution in [0.1, 0.15) is 46.6 Å². The fourth-order valence-electron chi connectivity index (χ4n) is 3.88. The maximum atomic E-state index is 13.6. The molecule has 0 fully saturated rings. The van der Waals surface area contributed by atoms with Gasteiger partial charge in [0.1, 0.15) is 4.90 Å². The van der Waals surface area contributed by atoms with E-state index in [-0.39, 0.29) is 10.6 Å². The van der Waals surface area contributed by atoms with Crippen molar-refractivity contribution < 1.29 is 17.9 Å². The number of fused-ring (bicyclic) bond motifs is 1. The van der Waals surface area contributed by atoms with Crippen molar-refractivity contribution in [3.05, 3.63) is 94.9 Å². The smallest absolute Gasteiger partial charge is 0.356 e. The number of ether oxygens (including phenoxy) is 1. The number of hydrogen-bond acceptors (Lipinski definition) is 6. The number of benzene rings is 2. The van der Waals surface area contributed by atoms with E-state index in [0.717, 1.165) is 10.9 Å². The molecule has 8 heteroatoms. The summed E-state index contributed by atoms with van der Waals surface area (Å²) >= 11 is 0. The van der Waals surface area contributed by atoms with Crippen LogP contribution in [0.5, 0.6) is 0 Å². The number of sulfonamides is 1. The highest BCUT2D eigenvalue weighted by molar-refractivity contribution is 7.93. The maximum absolute atomic E-state index is 13.6. The standard InChI is InChI=1S/C28H25N3O4S/c1-4-20-14-15-23-10-8-16-29-25(23)27(20)36(33,34)31-24-11-7-6-9-22(24)13-12-19-17-21(5-2)26(30-18-19)28(32)35-3/h6-11,14-18,31H,4-5H2,1-3H3. The topological polar surface area (TPSA) is 98.3 Å². The van der Waals surface area contributed by atoms with Crippen molar-refractivity contribution in [3.8, 4) is 11.8 Å². The van der Waals surface area contributed by atoms with Crippen LogP contribution in [-0.2, 0) is 27.6 Å². The molecule has 0 bridgehead atoms. The molecule has 0 atom stereocenters. The van der Waals surface area contributed by atoms with Crippen LogP contribution in [0.2, 0.25) is 0 Å². The van der Waals surface area contributed by atoms with Gasteiger partial charge in [0.2, 0.25) is 0 Å². The number of aromatic nitrogens is 2. The Balaban J connectivity index is 1.72. The lowest BCUT2D eigenvalue weighted by Crippen LogP contribution is -2.16. The molecule has 0 saturated heterocycles. The summed E-state index contributed by atoms with van der Waals surface area (Å²) in [6.07, 6.45) is 4.21. The second-order valence-corrected chi connectivity index (χ2v) is 9.58. The van der Waals surface area contributed by atoms with Gasteiger partial charge in [0.05, 0.1) is 18.3 Å². The Labute approximate surface area is 210 Å². The number of hydrogen-bond donors (Lipinski definition) is 1. The molecule has 0 amide bonds. The van der Waals surface area contributed by atoms with Crippen LogP contribution in [0.4, 0.5) is 5.69 Å². The molecule has 0 aliphatic rings. The van der Waals surface area contributed by atoms with Crippen molar-refractivity contribution in [3.63, 3.8) is 0 Å². The molecule has 0 aliphatic heterocycles. The van der Waals surface area contributed by atoms with Crippen LogP contribution in [0.15, 0.2) is 71.9 Å². The Morgan fingerprint density at radius 2 is 1.75 bits per heavy atom. The van der Waals surface area contributed by atoms with Gasteiger partial charge in [-0.1, -0.05) is 56.0 Å². The molecule has 36 heavy (non-hydrogen) atoms. The van der Waals surface area contributed by atoms with Gasteiger partial charge in [0.25, 0.3) is 10.0 Å². The molecule has 182 valence electrons. The Kier molecular flexibility index (Phi) is 7.32. The summed E-state index contributed by atoms with van der Waals surface area (Å²) in [7, 11) is -2.65. The third-order valence-electron chi connectivity index (χ3n) is 5.70. The van der Waals surface area contributed by atoms with E-state index >= 15 is 0 Å². The Bertz CT molecular complexity index is 1620. The average Bonchev–Trinajstić information content (AvgIpc) is 2.90. The molecule has 4 aromatic rings. The minimum Gasteiger partial charge on any atom is -0.464 e. The Hall–Kier alpha value is -4.22. The highest BCUT2D eigenvalue weighted by Crippen LogP contribution is 2.28. The molecule has 7 nitrogen and oxygen atoms in total. The van der Waals surface area contributed by atoms with Crippen molar-refractivity contribution in [1.29, 1.82) is 0 Å². The largest absolute Gasteiger partial charge is 0.464 e. The van der Waals surface area contributed by atoms with Crippen LogP contribution in [0.3, 0.4) is 0 Å². The number of carbonyl (C=O) groups is 1. The van der Waals surface area contributed by atoms with Crippen LogP contribution < -0.4 is 4.72 Å². The van der Waals surface area contributed by atoms with E-state index in [4.69, 9.17) is 4.74 Å². The second-order valence-electron chi connectivity index (χ2n) is 7.96. The molecule has 0 spiro atoms. The molecule has 0 unspecified atom stereocenters. The monoisotopic (exact) mass is 499 g/mol. The zero-order valence-electron chi connectivity index (χ0n) is 20.2. The minimum atomic E-state index is -3.96. The first kappa shape index (κ1) is 24.9. The fraction of sp³-hybridized carbons (Fsp3) is 0.179. The first-order valence-corrected chi connectivity index (χ1v) is 12.9. The first-order valence-electron chi connectivity index (χ1n) is 11.5. The molecular formula is C28H25N3O4S. The highest BCUT2D eigenvalue weighted by Gasteiger charge is 2.23. The number of anilines is 1. The Morgan fingerprint density at radius 3 is 2.50 bits per heavy atom. The summed E-state index contributed by atoms with van der Waals surface area (Å²) < 4.78 is 34.7. The third-order valence-corrected chi connectivity index (χ3v) is 7.18. The summed E-state index contributed by atoms with van der Waals surface area (Å²) in [6.45, 7) is 3.82. The van der Waals surface area contributed by atoms with Gasteiger partial charge < -0.3 is 4.74 Å². The molecule has 0 radical (unpaired) electrons. The van der Waals surface area contributed by atoms with Crippen LogP contribution in [-0.4, -0.2) is 31.5 Å². The highest BCUT2D eigenvalue weighted by atomic mass is 32.2. The number of nitrogens with one attached hydrogen (secondary N) is 1. The lowest BCUT2D eigenvalue weighted by molar-refractivity contribution is 0.0592. The van der Waals surface area contributed by atoms with E-state index in [0.29, 0.717) is 40.7 Å². The summed E-state index contributed by atoms with van der Waals surface area (Å²) in [5.74, 6) is 5.56. The molecule has 0 saturated carbocycles. The van der Waals surface area contributed by atoms with Crippen molar-refractivity contribution in [1.82, 2.24) is 9.97 Å². The number of aryl methyl sites for hydroxylation is 2. The van der Waals surface area contributed by atoms with Crippen molar-refractivity contribution in [2.75, 3.05) is 11.8 Å². The number of rotatable bonds is 6. The zero-order valence-corrected chi connectivity index (χ0v) is 21.0. The van der Waals surface area contributed by atoms with Crippen molar-refractivity contribution in [2.24, 2.45) is 0 Å². The normalized spacial score (nSPS) is 11.0. The number of pyridine rings is 2. The summed E-state index contributed by atoms with van der Waals surface area (Å²) in [5.41, 5.74) is 3.55. The number of methoxy groups -OCH3 is 1. The number of carbonyl (C=O) groups excluding carboxylic acids is 1. The van der Waals surface area contributed by atoms with Crippen molar-refractivity contribution in [2.45, 2.75) is 31.6 Å². The van der Waals surface area contributed by atoms with E-state index in [9.17, 15) is 13.2 Å². The minimum absolute atomic E-state index is 0.168. The van der Waals surface area contributed by atoms with Gasteiger partial charge in [-0.2, -0.15) is 0 Å². The van der Waals surface area contributed by atoms with Gasteiger partial charge in [0.15, 0.2) is 5.69 Å². The van der Waals surface area contributed by atoms with Gasteiger partial charge in [-0.05, 0) is 48.2 Å². The Morgan fingerprint density at radius 1 is 0.972 bits per heavy atom. The third kappa shape index (κ3) is 5.07. The van der Waals surface area contributed by atoms with E-state index < -0.39 is 16.0 Å². The van der Waals surface area contributed by atoms with Gasteiger partial charge in [-0.15, -0.1) is 0 Å². The van der Waals surface area contributed by atoms with Gasteiger partial charge in [0, 0.05) is 28.9 Å². The summed E-state index contributed by atoms with van der Waals surface area (Å²) in [4.78, 5) is 20.6. The molecule has 0 aliphatic carbocycles. The lowest BCUT2D eigenvalue weighted by Gasteiger charge is -2.14. The van der Waals surface area contributed by atoms with E-state index in [1.54, 1.807) is 42.6 Å². The first-order chi connectivity index (χ1) is 17.4. The van der Waals surface area contributed by atoms with Crippen LogP contribution >= 0.6 is 0 Å². The lowest BCUT2D eigenvalue weighted by atomic mass is 10.1. The quantitative estimate of drug-likeness (QED) is 0.304. The van der Waals surface area contributed by atoms with E-state index in [1.165, 1.54) is 13.3 Å². The van der Waals surface area contributed by atoms with Crippen LogP contribution in [0, 0.1) is 11.8 Å². The maximum Gasteiger partial charge on any atom is 0.356 e. The number of esters is 1. The molecule has 4 rings (SSSR count). The predicted octanol–water partition coefficient (Wildman–Crippen LogP) is 4.74. The SMILES string of the molecule is CCc1cc(C#Cc2ccccc2NS(=O)(=O)c2c(CC)ccc3cccnc23)cnc1C(=O)OC. The van der Waals surface area contributed by atoms with Gasteiger partial charge >= 0.3 is 5.97 Å². The molecule has 2 heterocycles. The van der Waals surface area contributed by atoms with Gasteiger partial charge in [-0.25, -0.2) is 18.2 Å². The molecular weight excluding hydrogens is 474 g/mol. The number of nitrogens with zero attached hydrogens (tertiary/aromatic N) is 2. The molecule has 2 aromatic carbocycles. The summed E-state index contributed by atoms with van der Waals surface area (Å²) in [6, 6.07) is 16.0. The fourth-order valence-corrected chi connectivity index (χ4v) is 5.44. The van der Waals surface area contributed by atoms with Crippen molar-refractivity contribution >= 4 is 32.6 Å². The summed E-state index contributed by atoms with van der Waals surface area (Å²) in [5, 5.41) is 0.748. The predicted molar refractivity (Wildman–Crippen MR) is 139 cm³/mol. The zero-order chi connectivity index (χ0) is 25.7. The van der Waals surface area contributed by atoms with Gasteiger partial charge in [-0.3, -0.25) is 9.71 Å².